The molecule has 0 saturated carbocycles. The number of aromatic amines is 1. The number of aryl methyl sites for hydroxylation is 1. The Morgan fingerprint density at radius 3 is 2.90 bits per heavy atom. The van der Waals surface area contributed by atoms with Gasteiger partial charge in [0.15, 0.2) is 5.69 Å². The second-order valence-electron chi connectivity index (χ2n) is 4.31. The summed E-state index contributed by atoms with van der Waals surface area (Å²) in [4.78, 5) is 23.5. The van der Waals surface area contributed by atoms with Gasteiger partial charge < -0.3 is 15.0 Å². The number of nitro groups is 1. The molecular formula is C11H13ClN6O3. The van der Waals surface area contributed by atoms with E-state index in [0.29, 0.717) is 17.3 Å². The van der Waals surface area contributed by atoms with Crippen molar-refractivity contribution in [3.63, 3.8) is 0 Å². The summed E-state index contributed by atoms with van der Waals surface area (Å²) in [6.07, 6.45) is 1.51. The van der Waals surface area contributed by atoms with Gasteiger partial charge in [0.1, 0.15) is 0 Å². The highest BCUT2D eigenvalue weighted by Crippen LogP contribution is 2.18. The third kappa shape index (κ3) is 3.02. The van der Waals surface area contributed by atoms with Gasteiger partial charge in [-0.1, -0.05) is 16.7 Å². The summed E-state index contributed by atoms with van der Waals surface area (Å²) in [7, 11) is 1.56. The Morgan fingerprint density at radius 2 is 2.33 bits per heavy atom. The van der Waals surface area contributed by atoms with Gasteiger partial charge in [-0.05, 0) is 11.8 Å². The Morgan fingerprint density at radius 1 is 1.62 bits per heavy atom. The van der Waals surface area contributed by atoms with Crippen LogP contribution in [0.4, 0.5) is 5.82 Å². The molecule has 1 N–H and O–H groups in total. The molecule has 0 aliphatic rings. The van der Waals surface area contributed by atoms with Crippen LogP contribution in [0.2, 0.25) is 5.02 Å². The maximum atomic E-state index is 12.2. The van der Waals surface area contributed by atoms with Gasteiger partial charge in [0, 0.05) is 13.6 Å². The molecule has 0 aliphatic carbocycles. The van der Waals surface area contributed by atoms with E-state index in [9.17, 15) is 14.9 Å². The molecule has 0 bridgehead atoms. The molecule has 0 spiro atoms. The first kappa shape index (κ1) is 15.0. The fourth-order valence-corrected chi connectivity index (χ4v) is 2.03. The normalized spacial score (nSPS) is 10.6. The lowest BCUT2D eigenvalue weighted by molar-refractivity contribution is -0.389. The number of carbonyl (C=O) groups is 1. The van der Waals surface area contributed by atoms with Crippen LogP contribution in [0.15, 0.2) is 12.3 Å². The number of nitrogens with one attached hydrogen (secondary N) is 1. The maximum absolute atomic E-state index is 12.2. The zero-order valence-corrected chi connectivity index (χ0v) is 12.2. The zero-order valence-electron chi connectivity index (χ0n) is 11.4. The Bertz CT molecular complexity index is 679. The van der Waals surface area contributed by atoms with Gasteiger partial charge in [-0.25, -0.2) is 0 Å². The number of H-pyrrole nitrogens is 1. The van der Waals surface area contributed by atoms with E-state index in [1.165, 1.54) is 11.1 Å². The number of amides is 1. The van der Waals surface area contributed by atoms with Gasteiger partial charge in [0.2, 0.25) is 0 Å². The minimum atomic E-state index is -0.646. The molecule has 0 aliphatic heterocycles. The van der Waals surface area contributed by atoms with E-state index in [2.05, 4.69) is 15.3 Å². The molecule has 2 heterocycles. The Labute approximate surface area is 124 Å². The average molecular weight is 313 g/mol. The lowest BCUT2D eigenvalue weighted by Gasteiger charge is -2.16. The quantitative estimate of drug-likeness (QED) is 0.664. The van der Waals surface area contributed by atoms with Gasteiger partial charge in [0.25, 0.3) is 5.91 Å². The van der Waals surface area contributed by atoms with Gasteiger partial charge in [-0.2, -0.15) is 5.10 Å². The van der Waals surface area contributed by atoms with Crippen LogP contribution in [-0.2, 0) is 13.1 Å². The first-order valence-corrected chi connectivity index (χ1v) is 6.47. The molecule has 0 atom stereocenters. The summed E-state index contributed by atoms with van der Waals surface area (Å²) in [6.45, 7) is 2.76. The number of rotatable bonds is 5. The van der Waals surface area contributed by atoms with Gasteiger partial charge in [-0.15, -0.1) is 5.10 Å². The number of hydrogen-bond acceptors (Lipinski definition) is 5. The van der Waals surface area contributed by atoms with Crippen molar-refractivity contribution in [1.29, 1.82) is 0 Å². The molecule has 0 aromatic carbocycles. The van der Waals surface area contributed by atoms with Gasteiger partial charge in [-0.3, -0.25) is 9.48 Å². The lowest BCUT2D eigenvalue weighted by Crippen LogP contribution is -2.28. The van der Waals surface area contributed by atoms with Crippen LogP contribution < -0.4 is 0 Å². The Hall–Kier alpha value is -2.42. The van der Waals surface area contributed by atoms with Crippen molar-refractivity contribution < 1.29 is 9.72 Å². The third-order valence-corrected chi connectivity index (χ3v) is 3.23. The molecule has 21 heavy (non-hydrogen) atoms. The Balaban J connectivity index is 2.15. The van der Waals surface area contributed by atoms with Crippen LogP contribution in [0.25, 0.3) is 0 Å². The minimum Gasteiger partial charge on any atom is -0.358 e. The second kappa shape index (κ2) is 5.92. The largest absolute Gasteiger partial charge is 0.358 e. The molecule has 9 nitrogen and oxygen atoms in total. The molecule has 2 rings (SSSR count). The predicted molar refractivity (Wildman–Crippen MR) is 74.0 cm³/mol. The van der Waals surface area contributed by atoms with Crippen molar-refractivity contribution >= 4 is 23.3 Å². The molecule has 10 heteroatoms. The lowest BCUT2D eigenvalue weighted by atomic mass is 10.3. The molecule has 0 radical (unpaired) electrons. The molecule has 0 fully saturated rings. The zero-order chi connectivity index (χ0) is 15.6. The van der Waals surface area contributed by atoms with E-state index >= 15 is 0 Å². The topological polar surface area (TPSA) is 110 Å². The number of nitrogens with zero attached hydrogens (tertiary/aromatic N) is 5. The van der Waals surface area contributed by atoms with Crippen LogP contribution in [0.3, 0.4) is 0 Å². The van der Waals surface area contributed by atoms with Crippen molar-refractivity contribution in [1.82, 2.24) is 24.9 Å². The summed E-state index contributed by atoms with van der Waals surface area (Å²) >= 11 is 6.03. The monoisotopic (exact) mass is 312 g/mol. The summed E-state index contributed by atoms with van der Waals surface area (Å²) in [5.41, 5.74) is 0.669. The van der Waals surface area contributed by atoms with Crippen LogP contribution >= 0.6 is 11.6 Å². The fourth-order valence-electron chi connectivity index (χ4n) is 1.82. The van der Waals surface area contributed by atoms with Crippen molar-refractivity contribution in [2.45, 2.75) is 20.0 Å². The first-order chi connectivity index (χ1) is 9.93. The summed E-state index contributed by atoms with van der Waals surface area (Å²) in [5.74, 6) is -0.775. The minimum absolute atomic E-state index is 0.0251. The number of carbonyl (C=O) groups excluding carboxylic acids is 1. The highest BCUT2D eigenvalue weighted by Gasteiger charge is 2.21. The molecule has 0 unspecified atom stereocenters. The second-order valence-corrected chi connectivity index (χ2v) is 4.72. The van der Waals surface area contributed by atoms with E-state index in [0.717, 1.165) is 6.07 Å². The predicted octanol–water partition coefficient (Wildman–Crippen LogP) is 1.46. The van der Waals surface area contributed by atoms with Crippen molar-refractivity contribution in [3.05, 3.63) is 38.8 Å². The molecule has 2 aromatic heterocycles. The van der Waals surface area contributed by atoms with E-state index in [1.54, 1.807) is 11.7 Å². The molecule has 112 valence electrons. The fraction of sp³-hybridized carbons (Fsp3) is 0.364. The Kier molecular flexibility index (Phi) is 4.22. The van der Waals surface area contributed by atoms with Crippen molar-refractivity contribution in [2.24, 2.45) is 0 Å². The van der Waals surface area contributed by atoms with Crippen LogP contribution in [-0.4, -0.2) is 42.8 Å². The van der Waals surface area contributed by atoms with Gasteiger partial charge in [0.05, 0.1) is 29.5 Å². The molecule has 0 saturated heterocycles. The van der Waals surface area contributed by atoms with Crippen molar-refractivity contribution in [3.8, 4) is 0 Å². The van der Waals surface area contributed by atoms with Crippen molar-refractivity contribution in [2.75, 3.05) is 7.05 Å². The van der Waals surface area contributed by atoms with E-state index in [1.807, 2.05) is 6.92 Å². The van der Waals surface area contributed by atoms with Crippen LogP contribution in [0.1, 0.15) is 23.1 Å². The third-order valence-electron chi connectivity index (χ3n) is 2.91. The summed E-state index contributed by atoms with van der Waals surface area (Å²) in [5, 5.41) is 20.9. The van der Waals surface area contributed by atoms with Gasteiger partial charge >= 0.3 is 5.82 Å². The highest BCUT2D eigenvalue weighted by atomic mass is 35.5. The van der Waals surface area contributed by atoms with Crippen LogP contribution in [0.5, 0.6) is 0 Å². The average Bonchev–Trinajstić information content (AvgIpc) is 3.06. The van der Waals surface area contributed by atoms with E-state index in [-0.39, 0.29) is 18.1 Å². The first-order valence-electron chi connectivity index (χ1n) is 6.09. The number of hydrogen-bond donors (Lipinski definition) is 1. The SMILES string of the molecule is CCn1ncc(Cl)c1CN(C)C(=O)c1cc([N+](=O)[O-])[nH]n1. The number of halogens is 1. The number of aromatic nitrogens is 4. The van der Waals surface area contributed by atoms with Crippen LogP contribution in [0, 0.1) is 10.1 Å². The molecule has 1 amide bonds. The van der Waals surface area contributed by atoms with E-state index in [4.69, 9.17) is 11.6 Å². The molecular weight excluding hydrogens is 300 g/mol. The summed E-state index contributed by atoms with van der Waals surface area (Å²) < 4.78 is 1.68. The maximum Gasteiger partial charge on any atom is 0.343 e. The van der Waals surface area contributed by atoms with E-state index < -0.39 is 10.8 Å². The highest BCUT2D eigenvalue weighted by molar-refractivity contribution is 6.31. The molecule has 2 aromatic rings. The smallest absolute Gasteiger partial charge is 0.343 e. The standard InChI is InChI=1S/C11H13ClN6O3/c1-3-17-9(7(12)5-13-17)6-16(2)11(19)8-4-10(15-14-8)18(20)21/h4-5H,3,6H2,1-2H3,(H,14,15). The summed E-state index contributed by atoms with van der Waals surface area (Å²) in [6, 6.07) is 1.09.